The van der Waals surface area contributed by atoms with E-state index in [4.69, 9.17) is 5.11 Å². The third-order valence-electron chi connectivity index (χ3n) is 1.35. The van der Waals surface area contributed by atoms with Crippen LogP contribution in [0.3, 0.4) is 0 Å². The zero-order valence-electron chi connectivity index (χ0n) is 10.6. The first-order valence-corrected chi connectivity index (χ1v) is 6.12. The molecule has 0 spiro atoms. The molecule has 0 aliphatic carbocycles. The SMILES string of the molecule is CC(=O)OCCCC(O)OC(C)=O.CC(=O)[O][Zr]. The summed E-state index contributed by atoms with van der Waals surface area (Å²) in [6.45, 7) is 4.14. The van der Waals surface area contributed by atoms with Crippen LogP contribution in [0, 0.1) is 0 Å². The molecule has 18 heavy (non-hydrogen) atoms. The summed E-state index contributed by atoms with van der Waals surface area (Å²) in [6, 6.07) is 0. The summed E-state index contributed by atoms with van der Waals surface area (Å²) in [4.78, 5) is 30.2. The van der Waals surface area contributed by atoms with Gasteiger partial charge in [0.15, 0.2) is 0 Å². The molecule has 0 saturated heterocycles. The van der Waals surface area contributed by atoms with Crippen molar-refractivity contribution in [3.63, 3.8) is 0 Å². The summed E-state index contributed by atoms with van der Waals surface area (Å²) in [5, 5.41) is 9.00. The van der Waals surface area contributed by atoms with E-state index < -0.39 is 12.3 Å². The van der Waals surface area contributed by atoms with Crippen molar-refractivity contribution in [2.75, 3.05) is 6.61 Å². The molecule has 7 nitrogen and oxygen atoms in total. The summed E-state index contributed by atoms with van der Waals surface area (Å²) in [7, 11) is 0. The average Bonchev–Trinajstić information content (AvgIpc) is 2.24. The molecule has 0 amide bonds. The minimum atomic E-state index is -1.10. The van der Waals surface area contributed by atoms with Crippen molar-refractivity contribution in [1.82, 2.24) is 0 Å². The number of hydrogen-bond acceptors (Lipinski definition) is 7. The second kappa shape index (κ2) is 12.7. The van der Waals surface area contributed by atoms with Gasteiger partial charge in [0.05, 0.1) is 6.61 Å². The maximum atomic E-state index is 10.3. The maximum absolute atomic E-state index is 10.3. The van der Waals surface area contributed by atoms with E-state index in [2.05, 4.69) is 12.3 Å². The predicted molar refractivity (Wildman–Crippen MR) is 55.4 cm³/mol. The molecule has 1 atom stereocenters. The first-order chi connectivity index (χ1) is 8.29. The van der Waals surface area contributed by atoms with E-state index in [0.29, 0.717) is 6.42 Å². The molecule has 0 aliphatic rings. The van der Waals surface area contributed by atoms with Gasteiger partial charge < -0.3 is 14.6 Å². The van der Waals surface area contributed by atoms with Gasteiger partial charge >= 0.3 is 57.6 Å². The molecule has 0 radical (unpaired) electrons. The normalized spacial score (nSPS) is 10.4. The van der Waals surface area contributed by atoms with Crippen LogP contribution >= 0.6 is 0 Å². The molecule has 0 aromatic heterocycles. The number of esters is 2. The Kier molecular flexibility index (Phi) is 13.8. The molecule has 0 aromatic rings. The first-order valence-electron chi connectivity index (χ1n) is 5.12. The number of ether oxygens (including phenoxy) is 2. The van der Waals surface area contributed by atoms with Gasteiger partial charge in [-0.1, -0.05) is 0 Å². The molecule has 0 bridgehead atoms. The number of carbonyl (C=O) groups excluding carboxylic acids is 3. The second-order valence-corrected chi connectivity index (χ2v) is 3.64. The van der Waals surface area contributed by atoms with Gasteiger partial charge in [0, 0.05) is 20.3 Å². The van der Waals surface area contributed by atoms with E-state index in [1.165, 1.54) is 20.8 Å². The number of carbonyl (C=O) groups is 3. The zero-order chi connectivity index (χ0) is 14.6. The van der Waals surface area contributed by atoms with Crippen molar-refractivity contribution in [2.45, 2.75) is 39.9 Å². The molecule has 0 rings (SSSR count). The van der Waals surface area contributed by atoms with E-state index in [9.17, 15) is 14.4 Å². The molecule has 0 aliphatic heterocycles. The van der Waals surface area contributed by atoms with E-state index in [0.717, 1.165) is 25.2 Å². The number of aliphatic hydroxyl groups excluding tert-OH is 1. The third-order valence-corrected chi connectivity index (χ3v) is 2.05. The molecular weight excluding hydrogens is 323 g/mol. The quantitative estimate of drug-likeness (QED) is 0.434. The Labute approximate surface area is 121 Å². The van der Waals surface area contributed by atoms with Crippen LogP contribution in [0.4, 0.5) is 0 Å². The van der Waals surface area contributed by atoms with E-state index in [-0.39, 0.29) is 25.0 Å². The minimum absolute atomic E-state index is 0.205. The Balaban J connectivity index is 0. The van der Waals surface area contributed by atoms with Crippen LogP contribution in [0.5, 0.6) is 0 Å². The number of hydrogen-bond donors (Lipinski definition) is 1. The van der Waals surface area contributed by atoms with E-state index >= 15 is 0 Å². The van der Waals surface area contributed by atoms with Crippen LogP contribution in [0.1, 0.15) is 33.6 Å². The second-order valence-electron chi connectivity index (χ2n) is 3.14. The molecule has 1 N–H and O–H groups in total. The van der Waals surface area contributed by atoms with Crippen LogP contribution in [-0.4, -0.2) is 35.9 Å². The van der Waals surface area contributed by atoms with Gasteiger partial charge in [0.25, 0.3) is 0 Å². The van der Waals surface area contributed by atoms with Gasteiger partial charge in [-0.25, -0.2) is 0 Å². The fourth-order valence-electron chi connectivity index (χ4n) is 0.724. The van der Waals surface area contributed by atoms with E-state index in [1.807, 2.05) is 0 Å². The molecule has 103 valence electrons. The summed E-state index contributed by atoms with van der Waals surface area (Å²) in [5.41, 5.74) is 0. The summed E-state index contributed by atoms with van der Waals surface area (Å²) in [6.07, 6.45) is -0.367. The predicted octanol–water partition coefficient (Wildman–Crippen LogP) is 0.223. The van der Waals surface area contributed by atoms with Crippen molar-refractivity contribution < 1.29 is 56.9 Å². The molecule has 0 aromatic carbocycles. The van der Waals surface area contributed by atoms with Crippen LogP contribution in [0.15, 0.2) is 0 Å². The van der Waals surface area contributed by atoms with Gasteiger partial charge in [-0.15, -0.1) is 0 Å². The summed E-state index contributed by atoms with van der Waals surface area (Å²) >= 11 is 0.815. The van der Waals surface area contributed by atoms with E-state index in [1.54, 1.807) is 0 Å². The van der Waals surface area contributed by atoms with Gasteiger partial charge in [0.2, 0.25) is 6.29 Å². The van der Waals surface area contributed by atoms with Crippen LogP contribution in [0.25, 0.3) is 0 Å². The average molecular weight is 340 g/mol. The topological polar surface area (TPSA) is 99.1 Å². The van der Waals surface area contributed by atoms with Gasteiger partial charge in [-0.2, -0.15) is 0 Å². The number of aliphatic hydroxyl groups is 1. The van der Waals surface area contributed by atoms with Crippen molar-refractivity contribution >= 4 is 17.9 Å². The Hall–Kier alpha value is -0.747. The Bertz CT molecular complexity index is 267. The Morgan fingerprint density at radius 2 is 1.61 bits per heavy atom. The van der Waals surface area contributed by atoms with Crippen molar-refractivity contribution in [1.29, 1.82) is 0 Å². The first kappa shape index (κ1) is 19.6. The van der Waals surface area contributed by atoms with Crippen molar-refractivity contribution in [3.05, 3.63) is 0 Å². The van der Waals surface area contributed by atoms with Crippen molar-refractivity contribution in [2.24, 2.45) is 0 Å². The van der Waals surface area contributed by atoms with Crippen LogP contribution < -0.4 is 0 Å². The molecular formula is C10H17O7Zr. The van der Waals surface area contributed by atoms with Crippen molar-refractivity contribution in [3.8, 4) is 0 Å². The third kappa shape index (κ3) is 20.6. The molecule has 0 heterocycles. The number of rotatable bonds is 5. The van der Waals surface area contributed by atoms with Crippen LogP contribution in [-0.2, 0) is 51.8 Å². The van der Waals surface area contributed by atoms with Gasteiger partial charge in [0.1, 0.15) is 0 Å². The molecule has 0 fully saturated rings. The summed E-state index contributed by atoms with van der Waals surface area (Å²) < 4.78 is 13.2. The van der Waals surface area contributed by atoms with Gasteiger partial charge in [-0.05, 0) is 6.42 Å². The zero-order valence-corrected chi connectivity index (χ0v) is 13.1. The Morgan fingerprint density at radius 1 is 1.11 bits per heavy atom. The Morgan fingerprint density at radius 3 is 1.94 bits per heavy atom. The fraction of sp³-hybridized carbons (Fsp3) is 0.700. The van der Waals surface area contributed by atoms with Crippen LogP contribution in [0.2, 0.25) is 0 Å². The summed E-state index contributed by atoms with van der Waals surface area (Å²) in [5.74, 6) is -1.09. The molecule has 8 heteroatoms. The fourth-order valence-corrected chi connectivity index (χ4v) is 0.724. The standard InChI is InChI=1S/C8H14O5.C2H4O2.Zr/c1-6(9)12-5-3-4-8(11)13-7(2)10;1-2(3)4;/h8,11H,3-5H2,1-2H3;1H3,(H,3,4);/q;;+1/p-1. The monoisotopic (exact) mass is 339 g/mol. The van der Waals surface area contributed by atoms with Gasteiger partial charge in [-0.3, -0.25) is 9.59 Å². The molecule has 1 unspecified atom stereocenters. The molecule has 0 saturated carbocycles.